The molecule has 2 heterocycles. The summed E-state index contributed by atoms with van der Waals surface area (Å²) in [6.07, 6.45) is 3.04. The predicted octanol–water partition coefficient (Wildman–Crippen LogP) is 1.29. The lowest BCUT2D eigenvalue weighted by atomic mass is 10.3. The van der Waals surface area contributed by atoms with Gasteiger partial charge in [0.15, 0.2) is 5.58 Å². The summed E-state index contributed by atoms with van der Waals surface area (Å²) in [5.74, 6) is 0.292. The first-order chi connectivity index (χ1) is 10.8. The molecule has 1 saturated heterocycles. The summed E-state index contributed by atoms with van der Waals surface area (Å²) in [7, 11) is 0. The predicted molar refractivity (Wildman–Crippen MR) is 83.3 cm³/mol. The van der Waals surface area contributed by atoms with Crippen LogP contribution in [0.3, 0.4) is 0 Å². The average Bonchev–Trinajstić information content (AvgIpc) is 2.97. The third-order valence-corrected chi connectivity index (χ3v) is 3.52. The van der Waals surface area contributed by atoms with Crippen LogP contribution in [0.25, 0.3) is 17.2 Å². The fraction of sp³-hybridized carbons (Fsp3) is 0.375. The van der Waals surface area contributed by atoms with Gasteiger partial charge >= 0.3 is 0 Å². The first-order valence-corrected chi connectivity index (χ1v) is 7.43. The fourth-order valence-electron chi connectivity index (χ4n) is 2.33. The maximum absolute atomic E-state index is 11.8. The monoisotopic (exact) mass is 301 g/mol. The van der Waals surface area contributed by atoms with Crippen molar-refractivity contribution in [3.8, 4) is 0 Å². The van der Waals surface area contributed by atoms with E-state index >= 15 is 0 Å². The Kier molecular flexibility index (Phi) is 4.82. The summed E-state index contributed by atoms with van der Waals surface area (Å²) < 4.78 is 10.8. The van der Waals surface area contributed by atoms with Crippen LogP contribution in [-0.2, 0) is 9.53 Å². The zero-order valence-electron chi connectivity index (χ0n) is 12.3. The highest BCUT2D eigenvalue weighted by Crippen LogP contribution is 2.15. The van der Waals surface area contributed by atoms with E-state index in [0.29, 0.717) is 12.4 Å². The van der Waals surface area contributed by atoms with Crippen LogP contribution in [0.4, 0.5) is 0 Å². The number of ether oxygens (including phenoxy) is 1. The van der Waals surface area contributed by atoms with Crippen LogP contribution >= 0.6 is 0 Å². The Labute approximate surface area is 128 Å². The van der Waals surface area contributed by atoms with Crippen LogP contribution < -0.4 is 5.32 Å². The number of oxazole rings is 1. The van der Waals surface area contributed by atoms with Crippen LogP contribution in [0.15, 0.2) is 34.8 Å². The summed E-state index contributed by atoms with van der Waals surface area (Å²) in [6.45, 7) is 4.85. The molecule has 1 aliphatic rings. The number of hydrogen-bond donors (Lipinski definition) is 1. The second-order valence-electron chi connectivity index (χ2n) is 5.10. The molecular weight excluding hydrogens is 282 g/mol. The number of morpholine rings is 1. The SMILES string of the molecule is O=C(C=Cc1nc2ccccc2o1)NCCN1CCOCC1. The number of hydrogen-bond acceptors (Lipinski definition) is 5. The molecule has 0 bridgehead atoms. The van der Waals surface area contributed by atoms with Gasteiger partial charge in [-0.25, -0.2) is 4.98 Å². The molecule has 1 aromatic carbocycles. The second-order valence-corrected chi connectivity index (χ2v) is 5.10. The molecule has 1 N–H and O–H groups in total. The molecule has 2 aromatic rings. The van der Waals surface area contributed by atoms with Crippen molar-refractivity contribution < 1.29 is 13.9 Å². The fourth-order valence-corrected chi connectivity index (χ4v) is 2.33. The lowest BCUT2D eigenvalue weighted by molar-refractivity contribution is -0.116. The van der Waals surface area contributed by atoms with Gasteiger partial charge in [-0.05, 0) is 12.1 Å². The highest BCUT2D eigenvalue weighted by molar-refractivity contribution is 5.91. The number of amides is 1. The van der Waals surface area contributed by atoms with Crippen molar-refractivity contribution >= 4 is 23.1 Å². The average molecular weight is 301 g/mol. The van der Waals surface area contributed by atoms with E-state index in [2.05, 4.69) is 15.2 Å². The molecule has 1 fully saturated rings. The standard InChI is InChI=1S/C16H19N3O3/c20-15(17-7-8-19-9-11-21-12-10-19)5-6-16-18-13-3-1-2-4-14(13)22-16/h1-6H,7-12H2,(H,17,20). The third-order valence-electron chi connectivity index (χ3n) is 3.52. The van der Waals surface area contributed by atoms with Gasteiger partial charge in [0, 0.05) is 38.3 Å². The van der Waals surface area contributed by atoms with E-state index < -0.39 is 0 Å². The van der Waals surface area contributed by atoms with Crippen molar-refractivity contribution in [2.24, 2.45) is 0 Å². The number of fused-ring (bicyclic) bond motifs is 1. The summed E-state index contributed by atoms with van der Waals surface area (Å²) in [4.78, 5) is 18.3. The van der Waals surface area contributed by atoms with Gasteiger partial charge in [0.25, 0.3) is 0 Å². The molecule has 22 heavy (non-hydrogen) atoms. The molecule has 6 nitrogen and oxygen atoms in total. The lowest BCUT2D eigenvalue weighted by Gasteiger charge is -2.26. The van der Waals surface area contributed by atoms with E-state index in [4.69, 9.17) is 9.15 Å². The zero-order chi connectivity index (χ0) is 15.2. The number of rotatable bonds is 5. The Balaban J connectivity index is 1.46. The zero-order valence-corrected chi connectivity index (χ0v) is 12.3. The van der Waals surface area contributed by atoms with Crippen molar-refractivity contribution in [3.63, 3.8) is 0 Å². The van der Waals surface area contributed by atoms with Crippen LogP contribution in [-0.4, -0.2) is 55.2 Å². The number of nitrogens with one attached hydrogen (secondary N) is 1. The smallest absolute Gasteiger partial charge is 0.244 e. The van der Waals surface area contributed by atoms with Gasteiger partial charge in [-0.15, -0.1) is 0 Å². The molecule has 116 valence electrons. The van der Waals surface area contributed by atoms with Gasteiger partial charge in [0.2, 0.25) is 11.8 Å². The van der Waals surface area contributed by atoms with Gasteiger partial charge in [0.1, 0.15) is 5.52 Å². The summed E-state index contributed by atoms with van der Waals surface area (Å²) in [5, 5.41) is 2.86. The lowest BCUT2D eigenvalue weighted by Crippen LogP contribution is -2.41. The third kappa shape index (κ3) is 3.93. The van der Waals surface area contributed by atoms with Crippen molar-refractivity contribution in [2.45, 2.75) is 0 Å². The highest BCUT2D eigenvalue weighted by Gasteiger charge is 2.09. The molecule has 1 amide bonds. The van der Waals surface area contributed by atoms with E-state index in [1.54, 1.807) is 6.08 Å². The van der Waals surface area contributed by atoms with E-state index in [-0.39, 0.29) is 5.91 Å². The molecule has 3 rings (SSSR count). The number of aromatic nitrogens is 1. The van der Waals surface area contributed by atoms with Crippen molar-refractivity contribution in [1.82, 2.24) is 15.2 Å². The summed E-state index contributed by atoms with van der Waals surface area (Å²) in [6, 6.07) is 7.51. The highest BCUT2D eigenvalue weighted by atomic mass is 16.5. The van der Waals surface area contributed by atoms with E-state index in [0.717, 1.165) is 43.9 Å². The Hall–Kier alpha value is -2.18. The van der Waals surface area contributed by atoms with Crippen LogP contribution in [0, 0.1) is 0 Å². The number of para-hydroxylation sites is 2. The topological polar surface area (TPSA) is 67.6 Å². The van der Waals surface area contributed by atoms with Gasteiger partial charge in [-0.2, -0.15) is 0 Å². The van der Waals surface area contributed by atoms with Gasteiger partial charge < -0.3 is 14.5 Å². The van der Waals surface area contributed by atoms with Gasteiger partial charge in [0.05, 0.1) is 13.2 Å². The summed E-state index contributed by atoms with van der Waals surface area (Å²) >= 11 is 0. The quantitative estimate of drug-likeness (QED) is 0.843. The Morgan fingerprint density at radius 2 is 2.14 bits per heavy atom. The van der Waals surface area contributed by atoms with Crippen LogP contribution in [0.5, 0.6) is 0 Å². The van der Waals surface area contributed by atoms with Crippen molar-refractivity contribution in [1.29, 1.82) is 0 Å². The Morgan fingerprint density at radius 3 is 2.95 bits per heavy atom. The molecule has 1 aromatic heterocycles. The maximum Gasteiger partial charge on any atom is 0.244 e. The minimum atomic E-state index is -0.143. The minimum absolute atomic E-state index is 0.143. The van der Waals surface area contributed by atoms with E-state index in [1.165, 1.54) is 6.08 Å². The molecule has 0 aliphatic carbocycles. The van der Waals surface area contributed by atoms with E-state index in [9.17, 15) is 4.79 Å². The molecule has 0 saturated carbocycles. The molecule has 6 heteroatoms. The summed E-state index contributed by atoms with van der Waals surface area (Å²) in [5.41, 5.74) is 1.50. The van der Waals surface area contributed by atoms with E-state index in [1.807, 2.05) is 24.3 Å². The van der Waals surface area contributed by atoms with Gasteiger partial charge in [-0.1, -0.05) is 12.1 Å². The Morgan fingerprint density at radius 1 is 1.32 bits per heavy atom. The van der Waals surface area contributed by atoms with Crippen LogP contribution in [0.2, 0.25) is 0 Å². The minimum Gasteiger partial charge on any atom is -0.437 e. The molecular formula is C16H19N3O3. The molecule has 0 atom stereocenters. The number of carbonyl (C=O) groups is 1. The van der Waals surface area contributed by atoms with Crippen molar-refractivity contribution in [2.75, 3.05) is 39.4 Å². The molecule has 1 aliphatic heterocycles. The number of nitrogens with zero attached hydrogens (tertiary/aromatic N) is 2. The first kappa shape index (κ1) is 14.7. The number of benzene rings is 1. The second kappa shape index (κ2) is 7.20. The van der Waals surface area contributed by atoms with Gasteiger partial charge in [-0.3, -0.25) is 9.69 Å². The van der Waals surface area contributed by atoms with Crippen molar-refractivity contribution in [3.05, 3.63) is 36.2 Å². The normalized spacial score (nSPS) is 16.4. The first-order valence-electron chi connectivity index (χ1n) is 7.43. The molecule has 0 spiro atoms. The largest absolute Gasteiger partial charge is 0.437 e. The van der Waals surface area contributed by atoms with Crippen LogP contribution in [0.1, 0.15) is 5.89 Å². The molecule has 0 radical (unpaired) electrons. The maximum atomic E-state index is 11.8. The molecule has 0 unspecified atom stereocenters. The number of carbonyl (C=O) groups excluding carboxylic acids is 1. The Bertz CT molecular complexity index is 626.